The molecule has 0 amide bonds. The Balaban J connectivity index is 2.09. The molecule has 20 heavy (non-hydrogen) atoms. The molecule has 112 valence electrons. The fraction of sp³-hybridized carbons (Fsp3) is 0.571. The summed E-state index contributed by atoms with van der Waals surface area (Å²) in [7, 11) is 1.35. The third kappa shape index (κ3) is 3.79. The first-order valence-electron chi connectivity index (χ1n) is 6.57. The Morgan fingerprint density at radius 3 is 2.80 bits per heavy atom. The van der Waals surface area contributed by atoms with Gasteiger partial charge in [-0.15, -0.1) is 0 Å². The summed E-state index contributed by atoms with van der Waals surface area (Å²) in [6.45, 7) is 1.83. The van der Waals surface area contributed by atoms with Crippen LogP contribution in [0, 0.1) is 5.92 Å². The van der Waals surface area contributed by atoms with Crippen LogP contribution in [0.3, 0.4) is 0 Å². The number of anilines is 1. The van der Waals surface area contributed by atoms with Crippen LogP contribution in [0.1, 0.15) is 18.4 Å². The van der Waals surface area contributed by atoms with E-state index in [0.29, 0.717) is 13.2 Å². The summed E-state index contributed by atoms with van der Waals surface area (Å²) in [5, 5.41) is 2.89. The van der Waals surface area contributed by atoms with Gasteiger partial charge in [-0.1, -0.05) is 0 Å². The molecular formula is C14H18F3NO2. The van der Waals surface area contributed by atoms with Crippen molar-refractivity contribution in [3.05, 3.63) is 23.8 Å². The Morgan fingerprint density at radius 2 is 2.20 bits per heavy atom. The first kappa shape index (κ1) is 15.0. The molecule has 1 saturated heterocycles. The Kier molecular flexibility index (Phi) is 4.75. The van der Waals surface area contributed by atoms with Gasteiger partial charge in [-0.2, -0.15) is 13.2 Å². The predicted molar refractivity (Wildman–Crippen MR) is 70.0 cm³/mol. The number of methoxy groups -OCH3 is 1. The van der Waals surface area contributed by atoms with Gasteiger partial charge in [0.15, 0.2) is 0 Å². The minimum Gasteiger partial charge on any atom is -0.497 e. The molecule has 1 aromatic carbocycles. The highest BCUT2D eigenvalue weighted by Gasteiger charge is 2.34. The highest BCUT2D eigenvalue weighted by Crippen LogP contribution is 2.37. The number of alkyl halides is 3. The predicted octanol–water partition coefficient (Wildman–Crippen LogP) is 3.55. The summed E-state index contributed by atoms with van der Waals surface area (Å²) < 4.78 is 49.2. The van der Waals surface area contributed by atoms with Crippen molar-refractivity contribution in [2.75, 3.05) is 32.2 Å². The maximum Gasteiger partial charge on any atom is 0.418 e. The minimum atomic E-state index is -4.40. The van der Waals surface area contributed by atoms with Crippen molar-refractivity contribution in [2.45, 2.75) is 19.0 Å². The molecule has 1 unspecified atom stereocenters. The van der Waals surface area contributed by atoms with Crippen LogP contribution >= 0.6 is 0 Å². The van der Waals surface area contributed by atoms with E-state index < -0.39 is 11.7 Å². The van der Waals surface area contributed by atoms with Crippen molar-refractivity contribution in [2.24, 2.45) is 5.92 Å². The standard InChI is InChI=1S/C14H18F3NO2/c1-19-11-4-5-13(12(7-11)14(15,16)17)18-8-10-3-2-6-20-9-10/h4-5,7,10,18H,2-3,6,8-9H2,1H3. The molecule has 1 heterocycles. The van der Waals surface area contributed by atoms with Gasteiger partial charge in [-0.25, -0.2) is 0 Å². The van der Waals surface area contributed by atoms with Crippen LogP contribution in [0.2, 0.25) is 0 Å². The quantitative estimate of drug-likeness (QED) is 0.919. The van der Waals surface area contributed by atoms with Crippen molar-refractivity contribution in [1.29, 1.82) is 0 Å². The summed E-state index contributed by atoms with van der Waals surface area (Å²) in [5.74, 6) is 0.454. The first-order chi connectivity index (χ1) is 9.50. The summed E-state index contributed by atoms with van der Waals surface area (Å²) in [6, 6.07) is 3.94. The number of benzene rings is 1. The van der Waals surface area contributed by atoms with Crippen LogP contribution in [0.15, 0.2) is 18.2 Å². The third-order valence-corrected chi connectivity index (χ3v) is 3.37. The van der Waals surface area contributed by atoms with E-state index in [1.165, 1.54) is 19.2 Å². The number of hydrogen-bond donors (Lipinski definition) is 1. The first-order valence-corrected chi connectivity index (χ1v) is 6.57. The summed E-state index contributed by atoms with van der Waals surface area (Å²) in [6.07, 6.45) is -2.47. The Bertz CT molecular complexity index is 443. The second-order valence-corrected chi connectivity index (χ2v) is 4.87. The Labute approximate surface area is 116 Å². The zero-order valence-corrected chi connectivity index (χ0v) is 11.3. The summed E-state index contributed by atoms with van der Waals surface area (Å²) >= 11 is 0. The average molecular weight is 289 g/mol. The molecular weight excluding hydrogens is 271 g/mol. The summed E-state index contributed by atoms with van der Waals surface area (Å²) in [4.78, 5) is 0. The van der Waals surface area contributed by atoms with E-state index in [1.54, 1.807) is 0 Å². The Morgan fingerprint density at radius 1 is 1.40 bits per heavy atom. The van der Waals surface area contributed by atoms with Crippen molar-refractivity contribution in [3.8, 4) is 5.75 Å². The fourth-order valence-corrected chi connectivity index (χ4v) is 2.26. The molecule has 0 aromatic heterocycles. The third-order valence-electron chi connectivity index (χ3n) is 3.37. The molecule has 3 nitrogen and oxygen atoms in total. The van der Waals surface area contributed by atoms with Crippen molar-refractivity contribution in [1.82, 2.24) is 0 Å². The Hall–Kier alpha value is -1.43. The van der Waals surface area contributed by atoms with Crippen LogP contribution in [0.4, 0.5) is 18.9 Å². The van der Waals surface area contributed by atoms with Crippen LogP contribution < -0.4 is 10.1 Å². The molecule has 6 heteroatoms. The molecule has 1 N–H and O–H groups in total. The van der Waals surface area contributed by atoms with Gasteiger partial charge in [-0.3, -0.25) is 0 Å². The van der Waals surface area contributed by atoms with Gasteiger partial charge in [-0.05, 0) is 37.0 Å². The molecule has 0 aliphatic carbocycles. The van der Waals surface area contributed by atoms with Crippen molar-refractivity contribution in [3.63, 3.8) is 0 Å². The van der Waals surface area contributed by atoms with E-state index in [0.717, 1.165) is 25.5 Å². The monoisotopic (exact) mass is 289 g/mol. The van der Waals surface area contributed by atoms with Crippen LogP contribution in [0.25, 0.3) is 0 Å². The minimum absolute atomic E-state index is 0.0869. The number of rotatable bonds is 4. The highest BCUT2D eigenvalue weighted by molar-refractivity contribution is 5.55. The van der Waals surface area contributed by atoms with E-state index in [1.807, 2.05) is 0 Å². The SMILES string of the molecule is COc1ccc(NCC2CCCOC2)c(C(F)(F)F)c1. The van der Waals surface area contributed by atoms with Gasteiger partial charge < -0.3 is 14.8 Å². The van der Waals surface area contributed by atoms with Gasteiger partial charge in [0, 0.05) is 18.8 Å². The molecule has 0 radical (unpaired) electrons. The summed E-state index contributed by atoms with van der Waals surface area (Å²) in [5.41, 5.74) is -0.613. The average Bonchev–Trinajstić information content (AvgIpc) is 2.45. The maximum absolute atomic E-state index is 13.0. The molecule has 1 aliphatic heterocycles. The normalized spacial score (nSPS) is 19.7. The van der Waals surface area contributed by atoms with E-state index in [9.17, 15) is 13.2 Å². The van der Waals surface area contributed by atoms with Crippen LogP contribution in [-0.4, -0.2) is 26.9 Å². The lowest BCUT2D eigenvalue weighted by Crippen LogP contribution is -2.25. The van der Waals surface area contributed by atoms with Gasteiger partial charge in [0.05, 0.1) is 19.3 Å². The van der Waals surface area contributed by atoms with Gasteiger partial charge in [0.2, 0.25) is 0 Å². The number of halogens is 3. The number of nitrogens with one attached hydrogen (secondary N) is 1. The van der Waals surface area contributed by atoms with Crippen molar-refractivity contribution < 1.29 is 22.6 Å². The molecule has 1 aromatic rings. The van der Waals surface area contributed by atoms with Crippen LogP contribution in [0.5, 0.6) is 5.75 Å². The molecule has 0 spiro atoms. The van der Waals surface area contributed by atoms with E-state index in [2.05, 4.69) is 5.32 Å². The molecule has 1 fully saturated rings. The van der Waals surface area contributed by atoms with Crippen LogP contribution in [-0.2, 0) is 10.9 Å². The lowest BCUT2D eigenvalue weighted by molar-refractivity contribution is -0.137. The number of ether oxygens (including phenoxy) is 2. The molecule has 0 bridgehead atoms. The van der Waals surface area contributed by atoms with Gasteiger partial charge in [0.1, 0.15) is 5.75 Å². The number of hydrogen-bond acceptors (Lipinski definition) is 3. The van der Waals surface area contributed by atoms with E-state index >= 15 is 0 Å². The zero-order chi connectivity index (χ0) is 14.6. The topological polar surface area (TPSA) is 30.5 Å². The zero-order valence-electron chi connectivity index (χ0n) is 11.3. The van der Waals surface area contributed by atoms with Gasteiger partial charge in [0.25, 0.3) is 0 Å². The van der Waals surface area contributed by atoms with E-state index in [4.69, 9.17) is 9.47 Å². The molecule has 1 aliphatic rings. The van der Waals surface area contributed by atoms with Crippen molar-refractivity contribution >= 4 is 5.69 Å². The fourth-order valence-electron chi connectivity index (χ4n) is 2.26. The molecule has 1 atom stereocenters. The largest absolute Gasteiger partial charge is 0.497 e. The second kappa shape index (κ2) is 6.35. The highest BCUT2D eigenvalue weighted by atomic mass is 19.4. The lowest BCUT2D eigenvalue weighted by atomic mass is 10.0. The van der Waals surface area contributed by atoms with E-state index in [-0.39, 0.29) is 17.4 Å². The lowest BCUT2D eigenvalue weighted by Gasteiger charge is -2.24. The second-order valence-electron chi connectivity index (χ2n) is 4.87. The smallest absolute Gasteiger partial charge is 0.418 e. The molecule has 2 rings (SSSR count). The maximum atomic E-state index is 13.0. The molecule has 0 saturated carbocycles. The van der Waals surface area contributed by atoms with Gasteiger partial charge >= 0.3 is 6.18 Å².